The zero-order valence-corrected chi connectivity index (χ0v) is 19.2. The topological polar surface area (TPSA) is 88.2 Å². The second-order valence-corrected chi connectivity index (χ2v) is 8.04. The number of morpholine rings is 1. The quantitative estimate of drug-likeness (QED) is 0.604. The minimum Gasteiger partial charge on any atom is -0.488 e. The van der Waals surface area contributed by atoms with E-state index in [9.17, 15) is 14.4 Å². The molecule has 0 aliphatic carbocycles. The van der Waals surface area contributed by atoms with E-state index in [4.69, 9.17) is 27.3 Å². The van der Waals surface area contributed by atoms with Gasteiger partial charge < -0.3 is 14.4 Å². The molecule has 8 nitrogen and oxygen atoms in total. The average molecular weight is 509 g/mol. The fourth-order valence-corrected chi connectivity index (χ4v) is 3.79. The molecule has 36 heavy (non-hydrogen) atoms. The molecular weight excluding hydrogens is 465 g/mol. The van der Waals surface area contributed by atoms with Gasteiger partial charge >= 0.3 is 0 Å². The third-order valence-electron chi connectivity index (χ3n) is 5.38. The fourth-order valence-electron chi connectivity index (χ4n) is 3.79. The van der Waals surface area contributed by atoms with Crippen LogP contribution < -0.4 is 10.1 Å². The summed E-state index contributed by atoms with van der Waals surface area (Å²) in [4.78, 5) is 38.1. The molecule has 0 bridgehead atoms. The van der Waals surface area contributed by atoms with E-state index in [1.54, 1.807) is 0 Å². The molecule has 3 amide bonds. The van der Waals surface area contributed by atoms with Crippen molar-refractivity contribution in [3.8, 4) is 5.75 Å². The summed E-state index contributed by atoms with van der Waals surface area (Å²) in [7, 11) is 0. The van der Waals surface area contributed by atoms with Crippen molar-refractivity contribution in [2.45, 2.75) is 64.4 Å². The first-order valence-electron chi connectivity index (χ1n) is 17.4. The van der Waals surface area contributed by atoms with E-state index in [1.807, 2.05) is 5.32 Å². The highest BCUT2D eigenvalue weighted by Gasteiger charge is 2.40. The van der Waals surface area contributed by atoms with Gasteiger partial charge in [0, 0.05) is 50.8 Å². The Hall–Kier alpha value is -3.30. The number of fused-ring (bicyclic) bond motifs is 1. The fraction of sp³-hybridized carbons (Fsp3) is 0.444. The smallest absolute Gasteiger partial charge is 0.255 e. The van der Waals surface area contributed by atoms with Crippen LogP contribution in [0.4, 0.5) is 4.39 Å². The second kappa shape index (κ2) is 9.99. The van der Waals surface area contributed by atoms with E-state index in [0.717, 1.165) is 32.0 Å². The number of carbonyl (C=O) groups excluding carboxylic acids is 3. The SMILES string of the molecule is [2H]C([2H])(Oc1cccc2c1C([2H])([2H])N(C1([2H])CCC(=O)NC1=O)C2=O)c1cc(C([2H])([2H])N2C([2H])([2H])C([2H])(C)OC([2H])(C)C2([2H])[2H])ccc1F. The lowest BCUT2D eigenvalue weighted by Gasteiger charge is -2.35. The number of imide groups is 1. The predicted molar refractivity (Wildman–Crippen MR) is 129 cm³/mol. The van der Waals surface area contributed by atoms with E-state index < -0.39 is 109 Å². The Kier molecular flexibility index (Phi) is 3.69. The first-order chi connectivity index (χ1) is 22.1. The molecule has 3 unspecified atom stereocenters. The summed E-state index contributed by atoms with van der Waals surface area (Å²) in [5, 5.41) is 1.90. The summed E-state index contributed by atoms with van der Waals surface area (Å²) in [5.41, 5.74) is -2.78. The van der Waals surface area contributed by atoms with Crippen molar-refractivity contribution in [3.05, 3.63) is 64.5 Å². The standard InChI is InChI=1S/C27H30FN3O5/c1-16-11-30(12-17(2)36-16)13-18-6-7-22(28)19(10-18)15-35-24-5-3-4-20-21(24)14-31(27(20)34)23-8-9-25(32)29-26(23)33/h3-7,10,16-17,23H,8-9,11-15H2,1-2H3,(H,29,32,33)/i11D2,12D2,13D2,14D2,15D2,16D,17D,23D. The Morgan fingerprint density at radius 3 is 2.75 bits per heavy atom. The lowest BCUT2D eigenvalue weighted by Crippen LogP contribution is -2.52. The number of ether oxygens (including phenoxy) is 2. The van der Waals surface area contributed by atoms with E-state index >= 15 is 4.39 Å². The number of carbonyl (C=O) groups is 3. The molecule has 3 atom stereocenters. The highest BCUT2D eigenvalue weighted by molar-refractivity contribution is 6.05. The van der Waals surface area contributed by atoms with Gasteiger partial charge in [0.2, 0.25) is 11.8 Å². The van der Waals surface area contributed by atoms with Crippen LogP contribution in [0.3, 0.4) is 0 Å². The molecule has 3 aliphatic rings. The van der Waals surface area contributed by atoms with Gasteiger partial charge in [-0.2, -0.15) is 0 Å². The van der Waals surface area contributed by atoms with Gasteiger partial charge in [-0.1, -0.05) is 12.1 Å². The van der Waals surface area contributed by atoms with Crippen LogP contribution in [0.1, 0.15) is 71.6 Å². The van der Waals surface area contributed by atoms with Crippen LogP contribution in [-0.4, -0.2) is 58.7 Å². The Morgan fingerprint density at radius 2 is 2.00 bits per heavy atom. The molecule has 9 heteroatoms. The van der Waals surface area contributed by atoms with Crippen LogP contribution in [0.5, 0.6) is 5.75 Å². The molecule has 3 aliphatic heterocycles. The summed E-state index contributed by atoms with van der Waals surface area (Å²) in [6.45, 7) is -14.4. The van der Waals surface area contributed by atoms with Gasteiger partial charge in [0.25, 0.3) is 5.91 Å². The Labute approximate surface area is 227 Å². The third-order valence-corrected chi connectivity index (χ3v) is 5.38. The lowest BCUT2D eigenvalue weighted by atomic mass is 10.0. The Balaban J connectivity index is 1.57. The summed E-state index contributed by atoms with van der Waals surface area (Å²) in [5.74, 6) is -5.13. The number of nitrogens with zero attached hydrogens (tertiary/aromatic N) is 2. The van der Waals surface area contributed by atoms with Gasteiger partial charge in [-0.25, -0.2) is 4.39 Å². The van der Waals surface area contributed by atoms with Crippen LogP contribution in [-0.2, 0) is 33.9 Å². The van der Waals surface area contributed by atoms with Gasteiger partial charge in [-0.15, -0.1) is 0 Å². The predicted octanol–water partition coefficient (Wildman–Crippen LogP) is 2.77. The number of hydrogen-bond acceptors (Lipinski definition) is 6. The van der Waals surface area contributed by atoms with Gasteiger partial charge in [0.1, 0.15) is 24.1 Å². The Morgan fingerprint density at radius 1 is 1.22 bits per heavy atom. The average Bonchev–Trinajstić information content (AvgIpc) is 3.14. The third kappa shape index (κ3) is 4.99. The van der Waals surface area contributed by atoms with Gasteiger partial charge in [0.15, 0.2) is 0 Å². The molecule has 2 saturated heterocycles. The first-order valence-corrected chi connectivity index (χ1v) is 10.9. The lowest BCUT2D eigenvalue weighted by molar-refractivity contribution is -0.136. The van der Waals surface area contributed by atoms with Crippen molar-refractivity contribution in [1.82, 2.24) is 15.1 Å². The van der Waals surface area contributed by atoms with Crippen LogP contribution in [0.2, 0.25) is 0 Å². The molecule has 0 saturated carbocycles. The summed E-state index contributed by atoms with van der Waals surface area (Å²) in [6, 6.07) is 2.71. The molecule has 2 aromatic rings. The molecular formula is C27H30FN3O5. The maximum absolute atomic E-state index is 15.3. The minimum absolute atomic E-state index is 0.0472. The monoisotopic (exact) mass is 508 g/mol. The molecule has 1 N–H and O–H groups in total. The molecule has 2 aromatic carbocycles. The molecule has 0 aromatic heterocycles. The molecule has 0 spiro atoms. The van der Waals surface area contributed by atoms with E-state index in [0.29, 0.717) is 17.0 Å². The number of amides is 3. The van der Waals surface area contributed by atoms with Gasteiger partial charge in [0.05, 0.1) is 28.3 Å². The highest BCUT2D eigenvalue weighted by Crippen LogP contribution is 2.34. The number of halogens is 1. The first kappa shape index (κ1) is 13.3. The summed E-state index contributed by atoms with van der Waals surface area (Å²) >= 11 is 0. The normalized spacial score (nSPS) is 41.0. The largest absolute Gasteiger partial charge is 0.488 e. The number of benzene rings is 2. The minimum atomic E-state index is -3.30. The molecule has 2 fully saturated rings. The summed E-state index contributed by atoms with van der Waals surface area (Å²) in [6.07, 6.45) is -6.33. The van der Waals surface area contributed by atoms with Crippen molar-refractivity contribution in [3.63, 3.8) is 0 Å². The highest BCUT2D eigenvalue weighted by atomic mass is 19.1. The number of hydrogen-bond donors (Lipinski definition) is 1. The van der Waals surface area contributed by atoms with E-state index in [-0.39, 0.29) is 11.3 Å². The van der Waals surface area contributed by atoms with Crippen LogP contribution in [0.25, 0.3) is 0 Å². The zero-order valence-electron chi connectivity index (χ0n) is 32.2. The van der Waals surface area contributed by atoms with Crippen molar-refractivity contribution in [1.29, 1.82) is 0 Å². The van der Waals surface area contributed by atoms with Gasteiger partial charge in [-0.05, 0) is 50.1 Å². The summed E-state index contributed by atoms with van der Waals surface area (Å²) < 4.78 is 137. The zero-order chi connectivity index (χ0) is 37.1. The number of piperidine rings is 1. The Bertz CT molecular complexity index is 1750. The molecule has 5 rings (SSSR count). The molecule has 190 valence electrons. The molecule has 0 radical (unpaired) electrons. The van der Waals surface area contributed by atoms with Crippen LogP contribution in [0.15, 0.2) is 36.4 Å². The van der Waals surface area contributed by atoms with E-state index in [2.05, 4.69) is 0 Å². The van der Waals surface area contributed by atoms with Crippen molar-refractivity contribution in [2.75, 3.05) is 13.0 Å². The van der Waals surface area contributed by atoms with Gasteiger partial charge in [-0.3, -0.25) is 24.6 Å². The van der Waals surface area contributed by atoms with Crippen molar-refractivity contribution < 1.29 is 46.1 Å². The van der Waals surface area contributed by atoms with Crippen LogP contribution >= 0.6 is 0 Å². The van der Waals surface area contributed by atoms with Crippen LogP contribution in [0, 0.1) is 5.82 Å². The van der Waals surface area contributed by atoms with E-state index in [1.165, 1.54) is 6.07 Å². The maximum atomic E-state index is 15.3. The number of rotatable bonds is 6. The molecule has 3 heterocycles. The van der Waals surface area contributed by atoms with Crippen molar-refractivity contribution >= 4 is 17.7 Å². The number of nitrogens with one attached hydrogen (secondary N) is 1. The van der Waals surface area contributed by atoms with Crippen molar-refractivity contribution in [2.24, 2.45) is 0 Å². The second-order valence-electron chi connectivity index (χ2n) is 8.04. The maximum Gasteiger partial charge on any atom is 0.255 e.